The Morgan fingerprint density at radius 1 is 1.14 bits per heavy atom. The number of carbonyl (C=O) groups excluding carboxylic acids is 1. The van der Waals surface area contributed by atoms with E-state index in [1.165, 1.54) is 7.05 Å². The molecule has 0 saturated carbocycles. The van der Waals surface area contributed by atoms with Gasteiger partial charge in [0.1, 0.15) is 23.0 Å². The van der Waals surface area contributed by atoms with E-state index in [0.29, 0.717) is 23.4 Å². The number of amides is 1. The van der Waals surface area contributed by atoms with Gasteiger partial charge in [-0.25, -0.2) is 13.2 Å². The summed E-state index contributed by atoms with van der Waals surface area (Å²) in [4.78, 5) is 13.3. The number of nitrogens with zero attached hydrogens (tertiary/aromatic N) is 1. The van der Waals surface area contributed by atoms with Gasteiger partial charge in [-0.2, -0.15) is 0 Å². The van der Waals surface area contributed by atoms with Crippen LogP contribution in [0.1, 0.15) is 15.9 Å². The van der Waals surface area contributed by atoms with Gasteiger partial charge in [-0.1, -0.05) is 18.2 Å². The minimum atomic E-state index is -1.24. The summed E-state index contributed by atoms with van der Waals surface area (Å²) in [5, 5.41) is 0. The monoisotopic (exact) mass is 294 g/mol. The molecule has 2 rings (SSSR count). The molecule has 0 heterocycles. The van der Waals surface area contributed by atoms with Crippen LogP contribution in [-0.4, -0.2) is 13.0 Å². The molecule has 0 aliphatic carbocycles. The average molecular weight is 294 g/mol. The standard InChI is InChI=1S/C15H13F3N2O/c1-20(13-5-3-2-4-9(13)8-19)15(21)14-11(17)6-10(16)7-12(14)18/h2-7H,8,19H2,1H3. The van der Waals surface area contributed by atoms with E-state index < -0.39 is 28.9 Å². The largest absolute Gasteiger partial charge is 0.326 e. The molecule has 2 aromatic rings. The molecule has 0 saturated heterocycles. The third-order valence-corrected chi connectivity index (χ3v) is 3.10. The van der Waals surface area contributed by atoms with Crippen LogP contribution in [0.2, 0.25) is 0 Å². The summed E-state index contributed by atoms with van der Waals surface area (Å²) in [7, 11) is 1.37. The molecule has 3 nitrogen and oxygen atoms in total. The summed E-state index contributed by atoms with van der Waals surface area (Å²) in [6, 6.07) is 7.67. The highest BCUT2D eigenvalue weighted by molar-refractivity contribution is 6.06. The van der Waals surface area contributed by atoms with Crippen molar-refractivity contribution in [3.63, 3.8) is 0 Å². The van der Waals surface area contributed by atoms with Crippen molar-refractivity contribution in [3.8, 4) is 0 Å². The maximum Gasteiger partial charge on any atom is 0.263 e. The second-order valence-corrected chi connectivity index (χ2v) is 4.44. The highest BCUT2D eigenvalue weighted by Gasteiger charge is 2.23. The number of nitrogens with two attached hydrogens (primary N) is 1. The van der Waals surface area contributed by atoms with E-state index in [1.54, 1.807) is 24.3 Å². The van der Waals surface area contributed by atoms with Crippen LogP contribution in [0.15, 0.2) is 36.4 Å². The van der Waals surface area contributed by atoms with Crippen molar-refractivity contribution in [1.29, 1.82) is 0 Å². The second-order valence-electron chi connectivity index (χ2n) is 4.44. The SMILES string of the molecule is CN(C(=O)c1c(F)cc(F)cc1F)c1ccccc1CN. The quantitative estimate of drug-likeness (QED) is 0.946. The fourth-order valence-corrected chi connectivity index (χ4v) is 2.03. The Kier molecular flexibility index (Phi) is 4.28. The number of benzene rings is 2. The third-order valence-electron chi connectivity index (χ3n) is 3.10. The van der Waals surface area contributed by atoms with Gasteiger partial charge >= 0.3 is 0 Å². The van der Waals surface area contributed by atoms with Gasteiger partial charge in [0.25, 0.3) is 5.91 Å². The van der Waals surface area contributed by atoms with E-state index >= 15 is 0 Å². The molecule has 0 unspecified atom stereocenters. The summed E-state index contributed by atoms with van der Waals surface area (Å²) in [5.74, 6) is -4.47. The van der Waals surface area contributed by atoms with Crippen LogP contribution in [0.3, 0.4) is 0 Å². The molecule has 0 spiro atoms. The van der Waals surface area contributed by atoms with Crippen LogP contribution in [-0.2, 0) is 6.54 Å². The van der Waals surface area contributed by atoms with Gasteiger partial charge in [0.15, 0.2) is 0 Å². The van der Waals surface area contributed by atoms with E-state index in [4.69, 9.17) is 5.73 Å². The summed E-state index contributed by atoms with van der Waals surface area (Å²) in [5.41, 5.74) is 5.86. The normalized spacial score (nSPS) is 10.5. The molecule has 6 heteroatoms. The van der Waals surface area contributed by atoms with Crippen LogP contribution in [0, 0.1) is 17.5 Å². The summed E-state index contributed by atoms with van der Waals surface area (Å²) in [6.07, 6.45) is 0. The number of hydrogen-bond donors (Lipinski definition) is 1. The Labute approximate surface area is 119 Å². The fourth-order valence-electron chi connectivity index (χ4n) is 2.03. The lowest BCUT2D eigenvalue weighted by Gasteiger charge is -2.20. The zero-order valence-corrected chi connectivity index (χ0v) is 11.2. The number of carbonyl (C=O) groups is 1. The van der Waals surface area contributed by atoms with Crippen molar-refractivity contribution in [1.82, 2.24) is 0 Å². The predicted octanol–water partition coefficient (Wildman–Crippen LogP) is 2.84. The van der Waals surface area contributed by atoms with Gasteiger partial charge in [0.05, 0.1) is 0 Å². The highest BCUT2D eigenvalue weighted by atomic mass is 19.1. The number of halogens is 3. The van der Waals surface area contributed by atoms with E-state index in [2.05, 4.69) is 0 Å². The van der Waals surface area contributed by atoms with Gasteiger partial charge in [-0.3, -0.25) is 4.79 Å². The van der Waals surface area contributed by atoms with E-state index in [0.717, 1.165) is 4.90 Å². The first-order valence-electron chi connectivity index (χ1n) is 6.16. The summed E-state index contributed by atoms with van der Waals surface area (Å²) in [6.45, 7) is 0.169. The van der Waals surface area contributed by atoms with Crippen molar-refractivity contribution >= 4 is 11.6 Å². The molecule has 1 amide bonds. The smallest absolute Gasteiger partial charge is 0.263 e. The topological polar surface area (TPSA) is 46.3 Å². The van der Waals surface area contributed by atoms with Crippen LogP contribution in [0.25, 0.3) is 0 Å². The van der Waals surface area contributed by atoms with Gasteiger partial charge in [0, 0.05) is 31.4 Å². The Morgan fingerprint density at radius 2 is 1.71 bits per heavy atom. The molecule has 0 fully saturated rings. The number of anilines is 1. The molecule has 2 N–H and O–H groups in total. The average Bonchev–Trinajstić information content (AvgIpc) is 2.45. The first-order chi connectivity index (χ1) is 9.95. The van der Waals surface area contributed by atoms with Crippen LogP contribution < -0.4 is 10.6 Å². The van der Waals surface area contributed by atoms with Crippen LogP contribution in [0.4, 0.5) is 18.9 Å². The predicted molar refractivity (Wildman–Crippen MR) is 73.4 cm³/mol. The van der Waals surface area contributed by atoms with Gasteiger partial charge in [0.2, 0.25) is 0 Å². The van der Waals surface area contributed by atoms with Crippen LogP contribution >= 0.6 is 0 Å². The zero-order valence-electron chi connectivity index (χ0n) is 11.2. The van der Waals surface area contributed by atoms with E-state index in [9.17, 15) is 18.0 Å². The lowest BCUT2D eigenvalue weighted by Crippen LogP contribution is -2.29. The molecule has 0 radical (unpaired) electrons. The number of hydrogen-bond acceptors (Lipinski definition) is 2. The van der Waals surface area contributed by atoms with Crippen LogP contribution in [0.5, 0.6) is 0 Å². The fraction of sp³-hybridized carbons (Fsp3) is 0.133. The molecule has 21 heavy (non-hydrogen) atoms. The van der Waals surface area contributed by atoms with Crippen molar-refractivity contribution in [3.05, 3.63) is 65.0 Å². The minimum absolute atomic E-state index is 0.169. The molecule has 0 atom stereocenters. The Morgan fingerprint density at radius 3 is 2.29 bits per heavy atom. The van der Waals surface area contributed by atoms with Gasteiger partial charge < -0.3 is 10.6 Å². The van der Waals surface area contributed by atoms with Crippen molar-refractivity contribution in [2.45, 2.75) is 6.54 Å². The van der Waals surface area contributed by atoms with Gasteiger partial charge in [-0.05, 0) is 11.6 Å². The van der Waals surface area contributed by atoms with Gasteiger partial charge in [-0.15, -0.1) is 0 Å². The lowest BCUT2D eigenvalue weighted by molar-refractivity contribution is 0.0984. The zero-order chi connectivity index (χ0) is 15.6. The second kappa shape index (κ2) is 5.97. The van der Waals surface area contributed by atoms with E-state index in [1.807, 2.05) is 0 Å². The summed E-state index contributed by atoms with van der Waals surface area (Å²) < 4.78 is 40.2. The Hall–Kier alpha value is -2.34. The van der Waals surface area contributed by atoms with Crippen molar-refractivity contribution < 1.29 is 18.0 Å². The molecule has 110 valence electrons. The van der Waals surface area contributed by atoms with Crippen molar-refractivity contribution in [2.75, 3.05) is 11.9 Å². The minimum Gasteiger partial charge on any atom is -0.326 e. The Bertz CT molecular complexity index is 665. The number of rotatable bonds is 3. The summed E-state index contributed by atoms with van der Waals surface area (Å²) >= 11 is 0. The molecule has 0 aliphatic heterocycles. The maximum atomic E-state index is 13.7. The highest BCUT2D eigenvalue weighted by Crippen LogP contribution is 2.23. The molecule has 0 bridgehead atoms. The first-order valence-corrected chi connectivity index (χ1v) is 6.16. The molecule has 0 aliphatic rings. The first kappa shape index (κ1) is 15.1. The third kappa shape index (κ3) is 2.90. The molecule has 2 aromatic carbocycles. The lowest BCUT2D eigenvalue weighted by atomic mass is 10.1. The molecular weight excluding hydrogens is 281 g/mol. The van der Waals surface area contributed by atoms with Crippen molar-refractivity contribution in [2.24, 2.45) is 5.73 Å². The molecular formula is C15H13F3N2O. The maximum absolute atomic E-state index is 13.7. The molecule has 0 aromatic heterocycles. The van der Waals surface area contributed by atoms with E-state index in [-0.39, 0.29) is 6.54 Å². The Balaban J connectivity index is 2.45. The number of para-hydroxylation sites is 1.